The molecular weight excluding hydrogens is 214 g/mol. The average molecular weight is 237 g/mol. The zero-order chi connectivity index (χ0) is 11.7. The summed E-state index contributed by atoms with van der Waals surface area (Å²) in [5, 5.41) is 3.51. The van der Waals surface area contributed by atoms with Crippen LogP contribution in [0.5, 0.6) is 0 Å². The highest BCUT2D eigenvalue weighted by molar-refractivity contribution is 5.78. The summed E-state index contributed by atoms with van der Waals surface area (Å²) in [6.07, 6.45) is 4.91. The summed E-state index contributed by atoms with van der Waals surface area (Å²) in [4.78, 5) is 16.5. The molecule has 3 fully saturated rings. The molecule has 2 bridgehead atoms. The first-order valence-corrected chi connectivity index (χ1v) is 7.06. The van der Waals surface area contributed by atoms with E-state index >= 15 is 0 Å². The molecule has 0 aromatic carbocycles. The number of carbonyl (C=O) groups is 1. The van der Waals surface area contributed by atoms with Crippen molar-refractivity contribution in [1.82, 2.24) is 15.1 Å². The van der Waals surface area contributed by atoms with Crippen molar-refractivity contribution in [3.05, 3.63) is 0 Å². The van der Waals surface area contributed by atoms with Gasteiger partial charge in [0.2, 0.25) is 5.91 Å². The van der Waals surface area contributed by atoms with Gasteiger partial charge >= 0.3 is 0 Å². The lowest BCUT2D eigenvalue weighted by atomic mass is 9.94. The van der Waals surface area contributed by atoms with Gasteiger partial charge in [-0.1, -0.05) is 0 Å². The summed E-state index contributed by atoms with van der Waals surface area (Å²) < 4.78 is 0. The maximum atomic E-state index is 11.9. The Hall–Kier alpha value is -0.610. The van der Waals surface area contributed by atoms with E-state index in [-0.39, 0.29) is 0 Å². The van der Waals surface area contributed by atoms with Crippen molar-refractivity contribution < 1.29 is 4.79 Å². The Morgan fingerprint density at radius 3 is 2.71 bits per heavy atom. The molecule has 96 valence electrons. The van der Waals surface area contributed by atoms with Gasteiger partial charge in [-0.15, -0.1) is 0 Å². The minimum Gasteiger partial charge on any atom is -0.342 e. The number of nitrogens with zero attached hydrogens (tertiary/aromatic N) is 2. The van der Waals surface area contributed by atoms with Gasteiger partial charge in [-0.3, -0.25) is 4.79 Å². The predicted molar refractivity (Wildman–Crippen MR) is 66.8 cm³/mol. The molecule has 4 nitrogen and oxygen atoms in total. The third kappa shape index (κ3) is 2.47. The molecule has 0 aromatic rings. The van der Waals surface area contributed by atoms with Gasteiger partial charge < -0.3 is 15.1 Å². The number of rotatable bonds is 3. The summed E-state index contributed by atoms with van der Waals surface area (Å²) in [6.45, 7) is 6.23. The molecule has 3 saturated heterocycles. The van der Waals surface area contributed by atoms with Crippen LogP contribution in [0.3, 0.4) is 0 Å². The Bertz CT molecular complexity index is 288. The van der Waals surface area contributed by atoms with Crippen LogP contribution in [0.2, 0.25) is 0 Å². The van der Waals surface area contributed by atoms with E-state index in [2.05, 4.69) is 10.2 Å². The molecule has 0 radical (unpaired) electrons. The minimum atomic E-state index is 0.308. The van der Waals surface area contributed by atoms with Crippen molar-refractivity contribution >= 4 is 5.91 Å². The minimum absolute atomic E-state index is 0.308. The monoisotopic (exact) mass is 237 g/mol. The predicted octanol–water partition coefficient (Wildman–Crippen LogP) is 0.293. The second-order valence-electron chi connectivity index (χ2n) is 5.71. The number of hydrogen-bond acceptors (Lipinski definition) is 3. The highest BCUT2D eigenvalue weighted by Crippen LogP contribution is 2.26. The van der Waals surface area contributed by atoms with Crippen LogP contribution >= 0.6 is 0 Å². The van der Waals surface area contributed by atoms with Crippen LogP contribution in [-0.4, -0.2) is 61.0 Å². The van der Waals surface area contributed by atoms with E-state index in [0.717, 1.165) is 19.0 Å². The third-order valence-corrected chi connectivity index (χ3v) is 4.61. The summed E-state index contributed by atoms with van der Waals surface area (Å²) in [5.41, 5.74) is 0. The van der Waals surface area contributed by atoms with Crippen LogP contribution in [0.25, 0.3) is 0 Å². The number of hydrogen-bond donors (Lipinski definition) is 1. The Morgan fingerprint density at radius 2 is 1.88 bits per heavy atom. The van der Waals surface area contributed by atoms with Crippen LogP contribution in [0, 0.1) is 5.92 Å². The Morgan fingerprint density at radius 1 is 1.12 bits per heavy atom. The number of fused-ring (bicyclic) bond motifs is 2. The van der Waals surface area contributed by atoms with E-state index in [1.807, 2.05) is 4.90 Å². The summed E-state index contributed by atoms with van der Waals surface area (Å²) >= 11 is 0. The molecule has 3 atom stereocenters. The Labute approximate surface area is 103 Å². The SMILES string of the molecule is O=C(CNC1CCN2CCC1C2)N1CCCC1. The number of amides is 1. The first-order chi connectivity index (χ1) is 8.33. The molecule has 3 unspecified atom stereocenters. The smallest absolute Gasteiger partial charge is 0.236 e. The molecule has 0 aromatic heterocycles. The van der Waals surface area contributed by atoms with Crippen LogP contribution < -0.4 is 5.32 Å². The van der Waals surface area contributed by atoms with Gasteiger partial charge in [0.05, 0.1) is 6.54 Å². The van der Waals surface area contributed by atoms with Gasteiger partial charge in [0.15, 0.2) is 0 Å². The molecule has 3 aliphatic heterocycles. The number of likely N-dealkylation sites (tertiary alicyclic amines) is 1. The summed E-state index contributed by atoms with van der Waals surface area (Å²) in [7, 11) is 0. The van der Waals surface area contributed by atoms with Gasteiger partial charge in [-0.25, -0.2) is 0 Å². The zero-order valence-electron chi connectivity index (χ0n) is 10.5. The van der Waals surface area contributed by atoms with Crippen molar-refractivity contribution in [2.45, 2.75) is 31.7 Å². The topological polar surface area (TPSA) is 35.6 Å². The van der Waals surface area contributed by atoms with Crippen LogP contribution in [0.1, 0.15) is 25.7 Å². The molecule has 0 aliphatic carbocycles. The average Bonchev–Trinajstić information content (AvgIpc) is 2.98. The fraction of sp³-hybridized carbons (Fsp3) is 0.923. The number of carbonyl (C=O) groups excluding carboxylic acids is 1. The van der Waals surface area contributed by atoms with E-state index < -0.39 is 0 Å². The quantitative estimate of drug-likeness (QED) is 0.766. The Kier molecular flexibility index (Phi) is 3.34. The van der Waals surface area contributed by atoms with Gasteiger partial charge in [0, 0.05) is 25.7 Å². The van der Waals surface area contributed by atoms with Crippen molar-refractivity contribution in [1.29, 1.82) is 0 Å². The number of nitrogens with one attached hydrogen (secondary N) is 1. The number of piperidine rings is 1. The molecule has 17 heavy (non-hydrogen) atoms. The fourth-order valence-electron chi connectivity index (χ4n) is 3.52. The molecule has 3 rings (SSSR count). The van der Waals surface area contributed by atoms with Gasteiger partial charge in [-0.2, -0.15) is 0 Å². The standard InChI is InChI=1S/C13H23N3O/c17-13(16-5-1-2-6-16)9-14-12-4-8-15-7-3-11(12)10-15/h11-12,14H,1-10H2. The van der Waals surface area contributed by atoms with Crippen molar-refractivity contribution in [3.63, 3.8) is 0 Å². The third-order valence-electron chi connectivity index (χ3n) is 4.61. The first-order valence-electron chi connectivity index (χ1n) is 7.06. The lowest BCUT2D eigenvalue weighted by Crippen LogP contribution is -2.47. The maximum Gasteiger partial charge on any atom is 0.236 e. The second kappa shape index (κ2) is 4.94. The van der Waals surface area contributed by atoms with Crippen molar-refractivity contribution in [2.75, 3.05) is 39.3 Å². The second-order valence-corrected chi connectivity index (χ2v) is 5.71. The first kappa shape index (κ1) is 11.5. The highest BCUT2D eigenvalue weighted by Gasteiger charge is 2.34. The summed E-state index contributed by atoms with van der Waals surface area (Å²) in [5.74, 6) is 1.10. The molecule has 0 saturated carbocycles. The maximum absolute atomic E-state index is 11.9. The van der Waals surface area contributed by atoms with E-state index in [4.69, 9.17) is 0 Å². The lowest BCUT2D eigenvalue weighted by Gasteiger charge is -2.31. The van der Waals surface area contributed by atoms with Crippen molar-refractivity contribution in [2.24, 2.45) is 5.92 Å². The molecule has 4 heteroatoms. The van der Waals surface area contributed by atoms with E-state index in [1.165, 1.54) is 45.3 Å². The van der Waals surface area contributed by atoms with Crippen molar-refractivity contribution in [3.8, 4) is 0 Å². The van der Waals surface area contributed by atoms with Gasteiger partial charge in [0.25, 0.3) is 0 Å². The zero-order valence-corrected chi connectivity index (χ0v) is 10.5. The lowest BCUT2D eigenvalue weighted by molar-refractivity contribution is -0.129. The molecule has 3 aliphatic rings. The van der Waals surface area contributed by atoms with Gasteiger partial charge in [0.1, 0.15) is 0 Å². The van der Waals surface area contributed by atoms with E-state index in [0.29, 0.717) is 18.5 Å². The van der Waals surface area contributed by atoms with Crippen LogP contribution in [0.15, 0.2) is 0 Å². The van der Waals surface area contributed by atoms with E-state index in [1.54, 1.807) is 0 Å². The van der Waals surface area contributed by atoms with Crippen LogP contribution in [0.4, 0.5) is 0 Å². The molecular formula is C13H23N3O. The molecule has 1 N–H and O–H groups in total. The normalized spacial score (nSPS) is 36.5. The molecule has 1 amide bonds. The highest BCUT2D eigenvalue weighted by atomic mass is 16.2. The van der Waals surface area contributed by atoms with E-state index in [9.17, 15) is 4.79 Å². The largest absolute Gasteiger partial charge is 0.342 e. The fourth-order valence-corrected chi connectivity index (χ4v) is 3.52. The summed E-state index contributed by atoms with van der Waals surface area (Å²) in [6, 6.07) is 0.584. The molecule has 3 heterocycles. The Balaban J connectivity index is 1.45. The molecule has 0 spiro atoms. The van der Waals surface area contributed by atoms with Gasteiger partial charge in [-0.05, 0) is 44.7 Å². The van der Waals surface area contributed by atoms with Crippen LogP contribution in [-0.2, 0) is 4.79 Å².